The molecule has 6 heteroatoms. The topological polar surface area (TPSA) is 55.4 Å². The van der Waals surface area contributed by atoms with Crippen LogP contribution < -0.4 is 5.32 Å². The minimum absolute atomic E-state index is 0.240. The average Bonchev–Trinajstić information content (AvgIpc) is 3.05. The number of ether oxygens (including phenoxy) is 1. The molecule has 2 aromatic carbocycles. The van der Waals surface area contributed by atoms with E-state index in [1.54, 1.807) is 18.2 Å². The van der Waals surface area contributed by atoms with Gasteiger partial charge in [0.25, 0.3) is 5.91 Å². The first-order valence-electron chi connectivity index (χ1n) is 7.74. The molecule has 1 aromatic heterocycles. The predicted octanol–water partition coefficient (Wildman–Crippen LogP) is 3.90. The highest BCUT2D eigenvalue weighted by atomic mass is 32.1. The molecule has 0 bridgehead atoms. The van der Waals surface area contributed by atoms with Crippen molar-refractivity contribution in [2.45, 2.75) is 19.6 Å². The first-order chi connectivity index (χ1) is 12.0. The van der Waals surface area contributed by atoms with Crippen molar-refractivity contribution in [1.82, 2.24) is 5.32 Å². The molecule has 0 fully saturated rings. The highest BCUT2D eigenvalue weighted by Gasteiger charge is 2.20. The summed E-state index contributed by atoms with van der Waals surface area (Å²) in [4.78, 5) is 24.7. The van der Waals surface area contributed by atoms with Gasteiger partial charge in [0.2, 0.25) is 0 Å². The lowest BCUT2D eigenvalue weighted by Gasteiger charge is -2.13. The van der Waals surface area contributed by atoms with Crippen molar-refractivity contribution in [1.29, 1.82) is 0 Å². The van der Waals surface area contributed by atoms with Crippen LogP contribution in [-0.4, -0.2) is 18.0 Å². The number of carbonyl (C=O) groups excluding carboxylic acids is 2. The first kappa shape index (κ1) is 17.1. The summed E-state index contributed by atoms with van der Waals surface area (Å²) >= 11 is 1.33. The molecular formula is C19H16FNO3S. The molecule has 0 unspecified atom stereocenters. The van der Waals surface area contributed by atoms with Gasteiger partial charge in [0.05, 0.1) is 0 Å². The van der Waals surface area contributed by atoms with Crippen molar-refractivity contribution in [2.75, 3.05) is 0 Å². The Kier molecular flexibility index (Phi) is 5.09. The number of hydrogen-bond acceptors (Lipinski definition) is 4. The van der Waals surface area contributed by atoms with E-state index in [-0.39, 0.29) is 12.4 Å². The van der Waals surface area contributed by atoms with Crippen LogP contribution in [0.1, 0.15) is 22.2 Å². The summed E-state index contributed by atoms with van der Waals surface area (Å²) in [5.41, 5.74) is 0.762. The fraction of sp³-hybridized carbons (Fsp3) is 0.158. The Bertz CT molecular complexity index is 871. The van der Waals surface area contributed by atoms with Crippen LogP contribution in [0.4, 0.5) is 4.39 Å². The Labute approximate surface area is 148 Å². The molecule has 4 nitrogen and oxygen atoms in total. The lowest BCUT2D eigenvalue weighted by Crippen LogP contribution is -2.35. The van der Waals surface area contributed by atoms with Gasteiger partial charge in [-0.15, -0.1) is 11.3 Å². The summed E-state index contributed by atoms with van der Waals surface area (Å²) in [5.74, 6) is -1.26. The molecule has 1 atom stereocenters. The largest absolute Gasteiger partial charge is 0.448 e. The van der Waals surface area contributed by atoms with Crippen LogP contribution in [0.25, 0.3) is 10.1 Å². The molecule has 0 radical (unpaired) electrons. The van der Waals surface area contributed by atoms with Crippen LogP contribution in [0.3, 0.4) is 0 Å². The molecule has 0 aliphatic carbocycles. The Balaban J connectivity index is 1.56. The zero-order valence-electron chi connectivity index (χ0n) is 13.5. The normalized spacial score (nSPS) is 11.9. The van der Waals surface area contributed by atoms with Crippen molar-refractivity contribution in [3.63, 3.8) is 0 Å². The van der Waals surface area contributed by atoms with Gasteiger partial charge in [-0.2, -0.15) is 0 Å². The summed E-state index contributed by atoms with van der Waals surface area (Å²) in [7, 11) is 0. The standard InChI is InChI=1S/C19H16FNO3S/c1-12(18(22)21-11-13-6-8-15(20)9-7-13)24-19(23)17-10-14-4-2-3-5-16(14)25-17/h2-10,12H,11H2,1H3,(H,21,22)/t12-/m1/s1. The van der Waals surface area contributed by atoms with E-state index in [2.05, 4.69) is 5.32 Å². The number of esters is 1. The van der Waals surface area contributed by atoms with Gasteiger partial charge in [-0.1, -0.05) is 30.3 Å². The Morgan fingerprint density at radius 3 is 2.60 bits per heavy atom. The van der Waals surface area contributed by atoms with E-state index in [4.69, 9.17) is 4.74 Å². The van der Waals surface area contributed by atoms with E-state index in [1.165, 1.54) is 30.4 Å². The monoisotopic (exact) mass is 357 g/mol. The second-order valence-electron chi connectivity index (χ2n) is 5.54. The number of thiophene rings is 1. The number of rotatable bonds is 5. The number of nitrogens with one attached hydrogen (secondary N) is 1. The smallest absolute Gasteiger partial charge is 0.349 e. The Morgan fingerprint density at radius 1 is 1.16 bits per heavy atom. The maximum Gasteiger partial charge on any atom is 0.349 e. The van der Waals surface area contributed by atoms with E-state index in [0.717, 1.165) is 15.6 Å². The summed E-state index contributed by atoms with van der Waals surface area (Å²) in [6, 6.07) is 15.2. The van der Waals surface area contributed by atoms with Gasteiger partial charge in [-0.25, -0.2) is 9.18 Å². The van der Waals surface area contributed by atoms with Gasteiger partial charge in [-0.3, -0.25) is 4.79 Å². The average molecular weight is 357 g/mol. The van der Waals surface area contributed by atoms with Crippen LogP contribution in [0.15, 0.2) is 54.6 Å². The molecule has 1 amide bonds. The lowest BCUT2D eigenvalue weighted by molar-refractivity contribution is -0.129. The second kappa shape index (κ2) is 7.44. The Morgan fingerprint density at radius 2 is 1.88 bits per heavy atom. The molecule has 3 aromatic rings. The summed E-state index contributed by atoms with van der Waals surface area (Å²) in [5, 5.41) is 3.63. The van der Waals surface area contributed by atoms with Gasteiger partial charge in [0, 0.05) is 11.2 Å². The summed E-state index contributed by atoms with van der Waals surface area (Å²) in [6.45, 7) is 1.76. The van der Waals surface area contributed by atoms with Gasteiger partial charge in [-0.05, 0) is 42.1 Å². The minimum Gasteiger partial charge on any atom is -0.448 e. The summed E-state index contributed by atoms with van der Waals surface area (Å²) < 4.78 is 19.1. The van der Waals surface area contributed by atoms with Gasteiger partial charge < -0.3 is 10.1 Å². The van der Waals surface area contributed by atoms with E-state index in [9.17, 15) is 14.0 Å². The van der Waals surface area contributed by atoms with Crippen LogP contribution in [0.5, 0.6) is 0 Å². The van der Waals surface area contributed by atoms with Crippen LogP contribution >= 0.6 is 11.3 Å². The lowest BCUT2D eigenvalue weighted by atomic mass is 10.2. The summed E-state index contributed by atoms with van der Waals surface area (Å²) in [6.07, 6.45) is -0.918. The molecular weight excluding hydrogens is 341 g/mol. The van der Waals surface area contributed by atoms with Crippen molar-refractivity contribution in [3.8, 4) is 0 Å². The fourth-order valence-corrected chi connectivity index (χ4v) is 3.24. The quantitative estimate of drug-likeness (QED) is 0.705. The van der Waals surface area contributed by atoms with Crippen molar-refractivity contribution < 1.29 is 18.7 Å². The van der Waals surface area contributed by atoms with Crippen LogP contribution in [0.2, 0.25) is 0 Å². The van der Waals surface area contributed by atoms with Crippen LogP contribution in [-0.2, 0) is 16.1 Å². The Hall–Kier alpha value is -2.73. The zero-order chi connectivity index (χ0) is 17.8. The molecule has 1 heterocycles. The maximum atomic E-state index is 12.9. The number of carbonyl (C=O) groups is 2. The molecule has 3 rings (SSSR count). The molecule has 0 aliphatic heterocycles. The van der Waals surface area contributed by atoms with Crippen molar-refractivity contribution >= 4 is 33.3 Å². The minimum atomic E-state index is -0.918. The number of fused-ring (bicyclic) bond motifs is 1. The SMILES string of the molecule is C[C@@H](OC(=O)c1cc2ccccc2s1)C(=O)NCc1ccc(F)cc1. The highest BCUT2D eigenvalue weighted by molar-refractivity contribution is 7.20. The molecule has 0 saturated heterocycles. The second-order valence-corrected chi connectivity index (χ2v) is 6.62. The maximum absolute atomic E-state index is 12.9. The van der Waals surface area contributed by atoms with Gasteiger partial charge >= 0.3 is 5.97 Å². The van der Waals surface area contributed by atoms with E-state index in [0.29, 0.717) is 4.88 Å². The molecule has 1 N–H and O–H groups in total. The molecule has 0 saturated carbocycles. The number of halogens is 1. The van der Waals surface area contributed by atoms with Crippen LogP contribution in [0, 0.1) is 5.82 Å². The zero-order valence-corrected chi connectivity index (χ0v) is 14.3. The third-order valence-corrected chi connectivity index (χ3v) is 4.76. The van der Waals surface area contributed by atoms with E-state index < -0.39 is 18.0 Å². The third-order valence-electron chi connectivity index (χ3n) is 3.66. The molecule has 25 heavy (non-hydrogen) atoms. The number of hydrogen-bond donors (Lipinski definition) is 1. The first-order valence-corrected chi connectivity index (χ1v) is 8.56. The van der Waals surface area contributed by atoms with Gasteiger partial charge in [0.1, 0.15) is 10.7 Å². The molecule has 0 aliphatic rings. The van der Waals surface area contributed by atoms with Crippen molar-refractivity contribution in [2.24, 2.45) is 0 Å². The highest BCUT2D eigenvalue weighted by Crippen LogP contribution is 2.26. The van der Waals surface area contributed by atoms with E-state index in [1.807, 2.05) is 24.3 Å². The van der Waals surface area contributed by atoms with Crippen molar-refractivity contribution in [3.05, 3.63) is 70.9 Å². The molecule has 0 spiro atoms. The predicted molar refractivity (Wildman–Crippen MR) is 94.9 cm³/mol. The number of benzene rings is 2. The third kappa shape index (κ3) is 4.22. The fourth-order valence-electron chi connectivity index (χ4n) is 2.29. The molecule has 128 valence electrons. The number of amides is 1. The van der Waals surface area contributed by atoms with Gasteiger partial charge in [0.15, 0.2) is 6.10 Å². The van der Waals surface area contributed by atoms with E-state index >= 15 is 0 Å².